The first-order valence-electron chi connectivity index (χ1n) is 19.4. The Kier molecular flexibility index (Phi) is 6.50. The number of hydrogen-bond acceptors (Lipinski definition) is 2. The smallest absolute Gasteiger partial charge is 0.0930 e. The third kappa shape index (κ3) is 4.00. The van der Waals surface area contributed by atoms with Gasteiger partial charge in [0.2, 0.25) is 0 Å². The summed E-state index contributed by atoms with van der Waals surface area (Å²) in [5.41, 5.74) is 21.1. The van der Waals surface area contributed by atoms with E-state index in [1.807, 2.05) is 18.2 Å². The van der Waals surface area contributed by atoms with Gasteiger partial charge in [-0.3, -0.25) is 0 Å². The van der Waals surface area contributed by atoms with Gasteiger partial charge >= 0.3 is 0 Å². The summed E-state index contributed by atoms with van der Waals surface area (Å²) >= 11 is 0. The van der Waals surface area contributed by atoms with Gasteiger partial charge in [0.25, 0.3) is 0 Å². The molecule has 2 heteroatoms. The van der Waals surface area contributed by atoms with Crippen LogP contribution >= 0.6 is 0 Å². The van der Waals surface area contributed by atoms with Gasteiger partial charge in [0.1, 0.15) is 0 Å². The molecule has 0 saturated carbocycles. The van der Waals surface area contributed by atoms with Gasteiger partial charge in [0.05, 0.1) is 22.2 Å². The zero-order valence-corrected chi connectivity index (χ0v) is 30.5. The Morgan fingerprint density at radius 3 is 1.12 bits per heavy atom. The Balaban J connectivity index is 1.14. The predicted octanol–water partition coefficient (Wildman–Crippen LogP) is 12.5. The van der Waals surface area contributed by atoms with E-state index >= 15 is 0 Å². The van der Waals surface area contributed by atoms with E-state index in [2.05, 4.69) is 193 Å². The van der Waals surface area contributed by atoms with E-state index in [4.69, 9.17) is 5.10 Å². The van der Waals surface area contributed by atoms with Crippen molar-refractivity contribution in [3.63, 3.8) is 0 Å². The van der Waals surface area contributed by atoms with E-state index in [0.29, 0.717) is 0 Å². The minimum atomic E-state index is -0.525. The molecule has 2 spiro atoms. The molecular formula is C54H34N2. The van der Waals surface area contributed by atoms with Crippen molar-refractivity contribution in [1.82, 2.24) is 10.2 Å². The van der Waals surface area contributed by atoms with Crippen molar-refractivity contribution in [1.29, 1.82) is 0 Å². The van der Waals surface area contributed by atoms with E-state index in [1.54, 1.807) is 0 Å². The minimum Gasteiger partial charge on any atom is -0.150 e. The summed E-state index contributed by atoms with van der Waals surface area (Å²) in [5.74, 6) is 0. The second-order valence-electron chi connectivity index (χ2n) is 15.2. The molecule has 2 nitrogen and oxygen atoms in total. The SMILES string of the molecule is c1ccc(-c2ccc(-c3cccc(-c4ccc5c(c4)C4(c6ccccc6-c6ccccc64)c4ccccc4C54c5ccccc5-c5ccccc54)c3)nn2)cc1. The van der Waals surface area contributed by atoms with Crippen molar-refractivity contribution < 1.29 is 0 Å². The van der Waals surface area contributed by atoms with E-state index in [9.17, 15) is 0 Å². The lowest BCUT2D eigenvalue weighted by atomic mass is 9.52. The van der Waals surface area contributed by atoms with Crippen LogP contribution in [0.3, 0.4) is 0 Å². The molecule has 9 aromatic rings. The molecule has 56 heavy (non-hydrogen) atoms. The molecule has 0 amide bonds. The Hall–Kier alpha value is -7.16. The normalized spacial score (nSPS) is 14.4. The molecule has 0 aliphatic heterocycles. The van der Waals surface area contributed by atoms with Gasteiger partial charge in [-0.05, 0) is 102 Å². The van der Waals surface area contributed by atoms with Gasteiger partial charge in [-0.1, -0.05) is 182 Å². The summed E-state index contributed by atoms with van der Waals surface area (Å²) in [5, 5.41) is 9.33. The second-order valence-corrected chi connectivity index (χ2v) is 15.2. The predicted molar refractivity (Wildman–Crippen MR) is 227 cm³/mol. The largest absolute Gasteiger partial charge is 0.150 e. The average Bonchev–Trinajstić information content (AvgIpc) is 3.75. The van der Waals surface area contributed by atoms with Crippen molar-refractivity contribution in [2.24, 2.45) is 0 Å². The van der Waals surface area contributed by atoms with Crippen molar-refractivity contribution >= 4 is 0 Å². The molecule has 0 bridgehead atoms. The number of fused-ring (bicyclic) bond motifs is 16. The highest BCUT2D eigenvalue weighted by Crippen LogP contribution is 2.67. The van der Waals surface area contributed by atoms with Crippen LogP contribution in [0.1, 0.15) is 44.5 Å². The van der Waals surface area contributed by atoms with Crippen molar-refractivity contribution in [3.8, 4) is 55.9 Å². The summed E-state index contributed by atoms with van der Waals surface area (Å²) < 4.78 is 0. The van der Waals surface area contributed by atoms with Gasteiger partial charge in [0.15, 0.2) is 0 Å². The summed E-state index contributed by atoms with van der Waals surface area (Å²) in [6.45, 7) is 0. The van der Waals surface area contributed by atoms with Crippen LogP contribution in [-0.4, -0.2) is 10.2 Å². The Morgan fingerprint density at radius 2 is 0.607 bits per heavy atom. The zero-order valence-electron chi connectivity index (χ0n) is 30.5. The molecule has 1 heterocycles. The zero-order chi connectivity index (χ0) is 36.8. The molecule has 0 N–H and O–H groups in total. The molecule has 3 aliphatic carbocycles. The van der Waals surface area contributed by atoms with Crippen LogP contribution in [0, 0.1) is 0 Å². The highest BCUT2D eigenvalue weighted by Gasteiger charge is 2.58. The van der Waals surface area contributed by atoms with Crippen molar-refractivity contribution in [2.45, 2.75) is 10.8 Å². The van der Waals surface area contributed by atoms with Crippen LogP contribution in [0.25, 0.3) is 55.9 Å². The van der Waals surface area contributed by atoms with E-state index in [0.717, 1.165) is 28.1 Å². The molecule has 0 atom stereocenters. The molecule has 260 valence electrons. The monoisotopic (exact) mass is 710 g/mol. The topological polar surface area (TPSA) is 25.8 Å². The minimum absolute atomic E-state index is 0.493. The molecule has 0 radical (unpaired) electrons. The molecule has 0 unspecified atom stereocenters. The van der Waals surface area contributed by atoms with Gasteiger partial charge in [-0.2, -0.15) is 0 Å². The standard InChI is InChI=1S/C54H34N2/c1-2-15-35(16-3-1)51-31-32-52(56-55-51)38-18-14-17-36(33-38)37-29-30-49-50(34-37)54(45-25-10-6-21-41(45)42-22-7-11-26-46(42)54)48-28-13-12-27-47(48)53(49)43-23-8-4-19-39(43)40-20-5-9-24-44(40)53/h1-34H. The van der Waals surface area contributed by atoms with Crippen LogP contribution in [0.2, 0.25) is 0 Å². The fourth-order valence-electron chi connectivity index (χ4n) is 10.5. The van der Waals surface area contributed by atoms with Crippen LogP contribution in [-0.2, 0) is 10.8 Å². The first kappa shape index (κ1) is 31.2. The number of benzene rings is 8. The molecule has 1 aromatic heterocycles. The number of hydrogen-bond donors (Lipinski definition) is 0. The molecule has 0 fully saturated rings. The Labute approximate surface area is 326 Å². The maximum atomic E-state index is 4.70. The van der Waals surface area contributed by atoms with Gasteiger partial charge in [0, 0.05) is 11.1 Å². The van der Waals surface area contributed by atoms with Gasteiger partial charge in [-0.15, -0.1) is 10.2 Å². The highest BCUT2D eigenvalue weighted by atomic mass is 15.1. The van der Waals surface area contributed by atoms with Gasteiger partial charge < -0.3 is 0 Å². The first-order chi connectivity index (χ1) is 27.8. The number of aromatic nitrogens is 2. The maximum Gasteiger partial charge on any atom is 0.0930 e. The quantitative estimate of drug-likeness (QED) is 0.182. The number of nitrogens with zero attached hydrogens (tertiary/aromatic N) is 2. The van der Waals surface area contributed by atoms with Crippen molar-refractivity contribution in [2.75, 3.05) is 0 Å². The van der Waals surface area contributed by atoms with Crippen LogP contribution in [0.15, 0.2) is 206 Å². The second kappa shape index (κ2) is 11.7. The highest BCUT2D eigenvalue weighted by molar-refractivity contribution is 5.94. The summed E-state index contributed by atoms with van der Waals surface area (Å²) in [4.78, 5) is 0. The van der Waals surface area contributed by atoms with Crippen LogP contribution in [0.5, 0.6) is 0 Å². The van der Waals surface area contributed by atoms with Crippen LogP contribution < -0.4 is 0 Å². The van der Waals surface area contributed by atoms with E-state index < -0.39 is 10.8 Å². The first-order valence-corrected chi connectivity index (χ1v) is 19.4. The van der Waals surface area contributed by atoms with E-state index in [-0.39, 0.29) is 0 Å². The maximum absolute atomic E-state index is 4.70. The Morgan fingerprint density at radius 1 is 0.232 bits per heavy atom. The lowest BCUT2D eigenvalue weighted by Gasteiger charge is -2.49. The van der Waals surface area contributed by atoms with E-state index in [1.165, 1.54) is 72.3 Å². The summed E-state index contributed by atoms with van der Waals surface area (Å²) in [7, 11) is 0. The van der Waals surface area contributed by atoms with Crippen LogP contribution in [0.4, 0.5) is 0 Å². The fraction of sp³-hybridized carbons (Fsp3) is 0.0370. The molecular weight excluding hydrogens is 677 g/mol. The molecule has 0 saturated heterocycles. The lowest BCUT2D eigenvalue weighted by molar-refractivity contribution is 0.633. The lowest BCUT2D eigenvalue weighted by Crippen LogP contribution is -2.43. The third-order valence-corrected chi connectivity index (χ3v) is 12.7. The van der Waals surface area contributed by atoms with Crippen molar-refractivity contribution in [3.05, 3.63) is 251 Å². The summed E-state index contributed by atoms with van der Waals surface area (Å²) in [6.07, 6.45) is 0. The molecule has 3 aliphatic rings. The fourth-order valence-corrected chi connectivity index (χ4v) is 10.5. The molecule has 12 rings (SSSR count). The number of rotatable bonds is 3. The molecule has 8 aromatic carbocycles. The average molecular weight is 711 g/mol. The Bertz CT molecular complexity index is 2940. The van der Waals surface area contributed by atoms with Gasteiger partial charge in [-0.25, -0.2) is 0 Å². The third-order valence-electron chi connectivity index (χ3n) is 12.7. The summed E-state index contributed by atoms with van der Waals surface area (Å²) in [6, 6.07) is 76.1.